The minimum atomic E-state index is -4.50. The van der Waals surface area contributed by atoms with Crippen molar-refractivity contribution in [1.29, 1.82) is 5.26 Å². The zero-order chi connectivity index (χ0) is 25.5. The second kappa shape index (κ2) is 8.90. The Labute approximate surface area is 205 Å². The van der Waals surface area contributed by atoms with Crippen LogP contribution in [0, 0.1) is 11.3 Å². The molecule has 7 nitrogen and oxygen atoms in total. The van der Waals surface area contributed by atoms with Gasteiger partial charge < -0.3 is 14.4 Å². The lowest BCUT2D eigenvalue weighted by molar-refractivity contribution is -0.137. The molecule has 0 radical (unpaired) electrons. The normalized spacial score (nSPS) is 18.8. The van der Waals surface area contributed by atoms with Crippen LogP contribution in [0.5, 0.6) is 17.4 Å². The Balaban J connectivity index is 1.32. The van der Waals surface area contributed by atoms with Crippen molar-refractivity contribution >= 4 is 5.82 Å². The Morgan fingerprint density at radius 2 is 2.00 bits per heavy atom. The zero-order valence-corrected chi connectivity index (χ0v) is 19.5. The number of ether oxygens (including phenoxy) is 2. The van der Waals surface area contributed by atoms with E-state index in [-0.39, 0.29) is 40.8 Å². The molecule has 10 heteroatoms. The highest BCUT2D eigenvalue weighted by atomic mass is 19.4. The summed E-state index contributed by atoms with van der Waals surface area (Å²) in [5, 5.41) is 9.55. The van der Waals surface area contributed by atoms with Crippen molar-refractivity contribution in [2.45, 2.75) is 51.1 Å². The third-order valence-corrected chi connectivity index (χ3v) is 6.68. The second-order valence-corrected chi connectivity index (χ2v) is 9.29. The van der Waals surface area contributed by atoms with E-state index in [1.54, 1.807) is 16.7 Å². The number of fused-ring (bicyclic) bond motifs is 3. The summed E-state index contributed by atoms with van der Waals surface area (Å²) in [6.07, 6.45) is -1.30. The Morgan fingerprint density at radius 1 is 1.17 bits per heavy atom. The maximum atomic E-state index is 13.0. The second-order valence-electron chi connectivity index (χ2n) is 9.29. The van der Waals surface area contributed by atoms with Crippen molar-refractivity contribution in [3.63, 3.8) is 0 Å². The fourth-order valence-electron chi connectivity index (χ4n) is 4.86. The first-order valence-electron chi connectivity index (χ1n) is 11.6. The summed E-state index contributed by atoms with van der Waals surface area (Å²) < 4.78 is 52.0. The average molecular weight is 496 g/mol. The number of nitrogens with zero attached hydrogens (tertiary/aromatic N) is 4. The topological polar surface area (TPSA) is 80.4 Å². The molecule has 186 valence electrons. The van der Waals surface area contributed by atoms with Gasteiger partial charge in [0.05, 0.1) is 23.2 Å². The van der Waals surface area contributed by atoms with Gasteiger partial charge in [-0.15, -0.1) is 0 Å². The van der Waals surface area contributed by atoms with Gasteiger partial charge in [0.1, 0.15) is 30.0 Å². The van der Waals surface area contributed by atoms with Crippen LogP contribution in [0.2, 0.25) is 0 Å². The summed E-state index contributed by atoms with van der Waals surface area (Å²) in [5.74, 6) is 1.09. The summed E-state index contributed by atoms with van der Waals surface area (Å²) >= 11 is 0. The van der Waals surface area contributed by atoms with Crippen LogP contribution in [0.4, 0.5) is 19.0 Å². The van der Waals surface area contributed by atoms with E-state index in [1.165, 1.54) is 24.3 Å². The van der Waals surface area contributed by atoms with E-state index in [0.717, 1.165) is 43.8 Å². The van der Waals surface area contributed by atoms with Crippen molar-refractivity contribution in [1.82, 2.24) is 9.55 Å². The smallest absolute Gasteiger partial charge is 0.416 e. The van der Waals surface area contributed by atoms with E-state index in [0.29, 0.717) is 12.1 Å². The first-order valence-corrected chi connectivity index (χ1v) is 11.6. The van der Waals surface area contributed by atoms with Crippen LogP contribution in [-0.4, -0.2) is 21.6 Å². The zero-order valence-electron chi connectivity index (χ0n) is 19.5. The number of alkyl halides is 3. The molecule has 0 saturated carbocycles. The van der Waals surface area contributed by atoms with Crippen molar-refractivity contribution < 1.29 is 22.6 Å². The fraction of sp³-hybridized carbons (Fsp3) is 0.346. The fourth-order valence-corrected chi connectivity index (χ4v) is 4.86. The lowest BCUT2D eigenvalue weighted by Gasteiger charge is -2.40. The predicted octanol–water partition coefficient (Wildman–Crippen LogP) is 5.27. The molecule has 2 aromatic carbocycles. The average Bonchev–Trinajstić information content (AvgIpc) is 3.16. The van der Waals surface area contributed by atoms with Crippen LogP contribution in [0.1, 0.15) is 42.9 Å². The Bertz CT molecular complexity index is 1410. The molecular weight excluding hydrogens is 473 g/mol. The largest absolute Gasteiger partial charge is 0.473 e. The van der Waals surface area contributed by atoms with Gasteiger partial charge in [0.25, 0.3) is 0 Å². The van der Waals surface area contributed by atoms with Gasteiger partial charge in [0, 0.05) is 12.6 Å². The summed E-state index contributed by atoms with van der Waals surface area (Å²) in [6.45, 7) is 3.68. The molecule has 36 heavy (non-hydrogen) atoms. The van der Waals surface area contributed by atoms with Gasteiger partial charge >= 0.3 is 11.9 Å². The van der Waals surface area contributed by atoms with Crippen LogP contribution < -0.4 is 20.1 Å². The van der Waals surface area contributed by atoms with E-state index < -0.39 is 11.7 Å². The summed E-state index contributed by atoms with van der Waals surface area (Å²) in [4.78, 5) is 19.0. The summed E-state index contributed by atoms with van der Waals surface area (Å²) in [7, 11) is 0. The van der Waals surface area contributed by atoms with E-state index in [9.17, 15) is 23.2 Å². The molecule has 0 N–H and O–H groups in total. The van der Waals surface area contributed by atoms with Crippen molar-refractivity contribution in [2.75, 3.05) is 11.4 Å². The van der Waals surface area contributed by atoms with E-state index in [2.05, 4.69) is 16.8 Å². The number of piperidine rings is 1. The molecule has 1 saturated heterocycles. The minimum Gasteiger partial charge on any atom is -0.473 e. The molecule has 1 unspecified atom stereocenters. The van der Waals surface area contributed by atoms with Gasteiger partial charge in [-0.3, -0.25) is 4.57 Å². The molecule has 3 aromatic rings. The molecule has 0 bridgehead atoms. The van der Waals surface area contributed by atoms with Crippen molar-refractivity contribution in [2.24, 2.45) is 0 Å². The molecule has 1 aromatic heterocycles. The van der Waals surface area contributed by atoms with Crippen molar-refractivity contribution in [3.8, 4) is 23.4 Å². The SMILES string of the molecule is CC12CCCCN1c1cc(OCc3ccc(Oc4cccc(C(F)(F)F)c4)c(C#N)c3)nc(=O)n1C2. The van der Waals surface area contributed by atoms with Gasteiger partial charge in [0.2, 0.25) is 5.88 Å². The molecule has 3 heterocycles. The number of nitriles is 1. The van der Waals surface area contributed by atoms with Crippen LogP contribution in [0.3, 0.4) is 0 Å². The standard InChI is InChI=1S/C26H23F3N4O3/c1-25-9-2-3-10-33(25)23-13-22(31-24(34)32(23)16-25)35-15-17-7-8-21(18(11-17)14-30)36-20-6-4-5-19(12-20)26(27,28)29/h4-8,11-13H,2-3,9-10,15-16H2,1H3. The van der Waals surface area contributed by atoms with E-state index in [4.69, 9.17) is 9.47 Å². The highest BCUT2D eigenvalue weighted by molar-refractivity contribution is 5.50. The minimum absolute atomic E-state index is 0.0298. The molecule has 0 amide bonds. The molecular formula is C26H23F3N4O3. The Hall–Kier alpha value is -4.00. The van der Waals surface area contributed by atoms with Crippen LogP contribution in [-0.2, 0) is 19.3 Å². The molecule has 2 aliphatic rings. The molecule has 1 atom stereocenters. The lowest BCUT2D eigenvalue weighted by Crippen LogP contribution is -2.47. The number of rotatable bonds is 5. The highest BCUT2D eigenvalue weighted by Gasteiger charge is 2.42. The summed E-state index contributed by atoms with van der Waals surface area (Å²) in [6, 6.07) is 12.9. The maximum absolute atomic E-state index is 13.0. The number of hydrogen-bond acceptors (Lipinski definition) is 6. The van der Waals surface area contributed by atoms with E-state index in [1.807, 2.05) is 6.07 Å². The van der Waals surface area contributed by atoms with E-state index >= 15 is 0 Å². The first kappa shape index (κ1) is 23.7. The highest BCUT2D eigenvalue weighted by Crippen LogP contribution is 2.40. The molecule has 5 rings (SSSR count). The van der Waals surface area contributed by atoms with Crippen LogP contribution >= 0.6 is 0 Å². The lowest BCUT2D eigenvalue weighted by atomic mass is 9.90. The third kappa shape index (κ3) is 4.49. The van der Waals surface area contributed by atoms with Crippen molar-refractivity contribution in [3.05, 3.63) is 75.7 Å². The number of aromatic nitrogens is 2. The van der Waals surface area contributed by atoms with Gasteiger partial charge in [0.15, 0.2) is 0 Å². The Morgan fingerprint density at radius 3 is 2.78 bits per heavy atom. The van der Waals surface area contributed by atoms with Gasteiger partial charge in [-0.05, 0) is 62.1 Å². The van der Waals surface area contributed by atoms with Gasteiger partial charge in [-0.1, -0.05) is 12.1 Å². The molecule has 0 aliphatic carbocycles. The van der Waals surface area contributed by atoms with Gasteiger partial charge in [-0.2, -0.15) is 23.4 Å². The third-order valence-electron chi connectivity index (χ3n) is 6.68. The number of benzene rings is 2. The number of anilines is 1. The number of hydrogen-bond donors (Lipinski definition) is 0. The van der Waals surface area contributed by atoms with Crippen LogP contribution in [0.25, 0.3) is 0 Å². The summed E-state index contributed by atoms with van der Waals surface area (Å²) in [5.41, 5.74) is -0.540. The first-order chi connectivity index (χ1) is 17.2. The predicted molar refractivity (Wildman–Crippen MR) is 125 cm³/mol. The Kier molecular flexibility index (Phi) is 5.86. The van der Waals surface area contributed by atoms with Gasteiger partial charge in [-0.25, -0.2) is 4.79 Å². The molecule has 1 fully saturated rings. The molecule has 0 spiro atoms. The number of halogens is 3. The maximum Gasteiger partial charge on any atom is 0.416 e. The van der Waals surface area contributed by atoms with Crippen LogP contribution in [0.15, 0.2) is 53.3 Å². The monoisotopic (exact) mass is 496 g/mol. The quantitative estimate of drug-likeness (QED) is 0.479. The molecule has 2 aliphatic heterocycles.